The molecule has 4 nitrogen and oxygen atoms in total. The summed E-state index contributed by atoms with van der Waals surface area (Å²) in [6.07, 6.45) is 3.93. The van der Waals surface area contributed by atoms with Gasteiger partial charge in [0.15, 0.2) is 0 Å². The van der Waals surface area contributed by atoms with Gasteiger partial charge in [0.1, 0.15) is 0 Å². The summed E-state index contributed by atoms with van der Waals surface area (Å²) in [4.78, 5) is 18.6. The normalized spacial score (nSPS) is 14.1. The van der Waals surface area contributed by atoms with E-state index in [4.69, 9.17) is 5.73 Å². The number of carbonyl (C=O) groups excluding carboxylic acids is 1. The number of nitrogens with zero attached hydrogens (tertiary/aromatic N) is 2. The molecule has 0 aromatic carbocycles. The Hall–Kier alpha value is -1.13. The van der Waals surface area contributed by atoms with Crippen molar-refractivity contribution < 1.29 is 4.79 Å². The SMILES string of the molecule is CC(C)CN(C(=O)c1ccnc(CN)c1)C1CC1.Cl. The summed E-state index contributed by atoms with van der Waals surface area (Å²) in [6.45, 7) is 5.47. The third kappa shape index (κ3) is 4.18. The number of amides is 1. The van der Waals surface area contributed by atoms with Crippen molar-refractivity contribution in [3.05, 3.63) is 29.6 Å². The van der Waals surface area contributed by atoms with Crippen molar-refractivity contribution in [3.63, 3.8) is 0 Å². The molecule has 0 unspecified atom stereocenters. The Labute approximate surface area is 120 Å². The molecule has 0 spiro atoms. The third-order valence-electron chi connectivity index (χ3n) is 3.08. The fourth-order valence-corrected chi connectivity index (χ4v) is 2.07. The van der Waals surface area contributed by atoms with Gasteiger partial charge in [0, 0.05) is 30.9 Å². The highest BCUT2D eigenvalue weighted by Gasteiger charge is 2.33. The summed E-state index contributed by atoms with van der Waals surface area (Å²) in [6, 6.07) is 4.02. The Balaban J connectivity index is 0.00000180. The van der Waals surface area contributed by atoms with Gasteiger partial charge in [-0.3, -0.25) is 9.78 Å². The number of hydrogen-bond acceptors (Lipinski definition) is 3. The zero-order valence-corrected chi connectivity index (χ0v) is 12.3. The van der Waals surface area contributed by atoms with Gasteiger partial charge in [0.25, 0.3) is 5.91 Å². The van der Waals surface area contributed by atoms with Gasteiger partial charge in [-0.2, -0.15) is 0 Å². The van der Waals surface area contributed by atoms with Crippen LogP contribution in [0.1, 0.15) is 42.7 Å². The van der Waals surface area contributed by atoms with Gasteiger partial charge in [-0.05, 0) is 30.9 Å². The van der Waals surface area contributed by atoms with Crippen LogP contribution in [0.2, 0.25) is 0 Å². The van der Waals surface area contributed by atoms with Crippen LogP contribution in [0.25, 0.3) is 0 Å². The van der Waals surface area contributed by atoms with Crippen LogP contribution in [0.3, 0.4) is 0 Å². The molecule has 0 radical (unpaired) electrons. The Morgan fingerprint density at radius 2 is 2.21 bits per heavy atom. The van der Waals surface area contributed by atoms with Gasteiger partial charge in [0.2, 0.25) is 0 Å². The molecule has 1 amide bonds. The van der Waals surface area contributed by atoms with Crippen LogP contribution < -0.4 is 5.73 Å². The van der Waals surface area contributed by atoms with E-state index in [2.05, 4.69) is 18.8 Å². The second-order valence-electron chi connectivity index (χ2n) is 5.32. The number of rotatable bonds is 5. The maximum Gasteiger partial charge on any atom is 0.254 e. The van der Waals surface area contributed by atoms with Gasteiger partial charge in [-0.25, -0.2) is 0 Å². The molecule has 1 fully saturated rings. The lowest BCUT2D eigenvalue weighted by molar-refractivity contribution is 0.0722. The van der Waals surface area contributed by atoms with Crippen LogP contribution >= 0.6 is 12.4 Å². The quantitative estimate of drug-likeness (QED) is 0.901. The summed E-state index contributed by atoms with van der Waals surface area (Å²) in [5.74, 6) is 0.605. The molecule has 1 saturated carbocycles. The predicted molar refractivity (Wildman–Crippen MR) is 78.3 cm³/mol. The highest BCUT2D eigenvalue weighted by molar-refractivity contribution is 5.94. The molecule has 2 N–H and O–H groups in total. The van der Waals surface area contributed by atoms with E-state index in [9.17, 15) is 4.79 Å². The first-order chi connectivity index (χ1) is 8.61. The van der Waals surface area contributed by atoms with Crippen LogP contribution in [0.5, 0.6) is 0 Å². The maximum atomic E-state index is 12.5. The molecule has 1 aliphatic carbocycles. The molecule has 5 heteroatoms. The number of nitrogens with two attached hydrogens (primary N) is 1. The molecule has 1 aromatic rings. The minimum absolute atomic E-state index is 0. The molecule has 0 bridgehead atoms. The zero-order valence-electron chi connectivity index (χ0n) is 11.5. The molecular formula is C14H22ClN3O. The van der Waals surface area contributed by atoms with Crippen molar-refractivity contribution in [2.45, 2.75) is 39.3 Å². The van der Waals surface area contributed by atoms with Gasteiger partial charge < -0.3 is 10.6 Å². The van der Waals surface area contributed by atoms with E-state index >= 15 is 0 Å². The highest BCUT2D eigenvalue weighted by Crippen LogP contribution is 2.29. The van der Waals surface area contributed by atoms with E-state index in [-0.39, 0.29) is 18.3 Å². The van der Waals surface area contributed by atoms with Crippen molar-refractivity contribution >= 4 is 18.3 Å². The Morgan fingerprint density at radius 1 is 1.53 bits per heavy atom. The molecular weight excluding hydrogens is 262 g/mol. The van der Waals surface area contributed by atoms with Crippen molar-refractivity contribution in [1.29, 1.82) is 0 Å². The van der Waals surface area contributed by atoms with E-state index in [0.29, 0.717) is 24.1 Å². The predicted octanol–water partition coefficient (Wildman–Crippen LogP) is 2.22. The summed E-state index contributed by atoms with van der Waals surface area (Å²) in [5.41, 5.74) is 7.03. The highest BCUT2D eigenvalue weighted by atomic mass is 35.5. The standard InChI is InChI=1S/C14H21N3O.ClH/c1-10(2)9-17(13-3-4-13)14(18)11-5-6-16-12(7-11)8-15;/h5-7,10,13H,3-4,8-9,15H2,1-2H3;1H. The second-order valence-corrected chi connectivity index (χ2v) is 5.32. The molecule has 0 atom stereocenters. The fourth-order valence-electron chi connectivity index (χ4n) is 2.07. The first-order valence-electron chi connectivity index (χ1n) is 6.57. The van der Waals surface area contributed by atoms with Gasteiger partial charge >= 0.3 is 0 Å². The summed E-state index contributed by atoms with van der Waals surface area (Å²) in [5, 5.41) is 0. The Bertz CT molecular complexity index is 432. The summed E-state index contributed by atoms with van der Waals surface area (Å²) in [7, 11) is 0. The lowest BCUT2D eigenvalue weighted by atomic mass is 10.1. The van der Waals surface area contributed by atoms with Crippen LogP contribution in [0.15, 0.2) is 18.3 Å². The summed E-state index contributed by atoms with van der Waals surface area (Å²) < 4.78 is 0. The largest absolute Gasteiger partial charge is 0.335 e. The van der Waals surface area contributed by atoms with E-state index in [1.54, 1.807) is 18.3 Å². The minimum Gasteiger partial charge on any atom is -0.335 e. The van der Waals surface area contributed by atoms with Gasteiger partial charge in [0.05, 0.1) is 5.69 Å². The number of hydrogen-bond donors (Lipinski definition) is 1. The van der Waals surface area contributed by atoms with E-state index in [0.717, 1.165) is 25.1 Å². The lowest BCUT2D eigenvalue weighted by Gasteiger charge is -2.24. The summed E-state index contributed by atoms with van der Waals surface area (Å²) >= 11 is 0. The number of halogens is 1. The second kappa shape index (κ2) is 6.87. The van der Waals surface area contributed by atoms with Crippen LogP contribution in [-0.2, 0) is 6.54 Å². The van der Waals surface area contributed by atoms with Gasteiger partial charge in [-0.1, -0.05) is 13.8 Å². The van der Waals surface area contributed by atoms with Gasteiger partial charge in [-0.15, -0.1) is 12.4 Å². The molecule has 106 valence electrons. The minimum atomic E-state index is 0. The molecule has 1 aromatic heterocycles. The van der Waals surface area contributed by atoms with Crippen molar-refractivity contribution in [1.82, 2.24) is 9.88 Å². The first kappa shape index (κ1) is 15.9. The lowest BCUT2D eigenvalue weighted by Crippen LogP contribution is -2.36. The third-order valence-corrected chi connectivity index (χ3v) is 3.08. The first-order valence-corrected chi connectivity index (χ1v) is 6.57. The van der Waals surface area contributed by atoms with Crippen LogP contribution in [0, 0.1) is 5.92 Å². The molecule has 19 heavy (non-hydrogen) atoms. The fraction of sp³-hybridized carbons (Fsp3) is 0.571. The molecule has 0 aliphatic heterocycles. The Kier molecular flexibility index (Phi) is 5.76. The number of carbonyl (C=O) groups is 1. The molecule has 0 saturated heterocycles. The molecule has 2 rings (SSSR count). The van der Waals surface area contributed by atoms with Crippen LogP contribution in [-0.4, -0.2) is 28.4 Å². The van der Waals surface area contributed by atoms with Crippen LogP contribution in [0.4, 0.5) is 0 Å². The zero-order chi connectivity index (χ0) is 13.1. The van der Waals surface area contributed by atoms with Crippen molar-refractivity contribution in [3.8, 4) is 0 Å². The Morgan fingerprint density at radius 3 is 2.74 bits per heavy atom. The maximum absolute atomic E-state index is 12.5. The van der Waals surface area contributed by atoms with Crippen molar-refractivity contribution in [2.75, 3.05) is 6.54 Å². The number of pyridine rings is 1. The average molecular weight is 284 g/mol. The molecule has 1 heterocycles. The monoisotopic (exact) mass is 283 g/mol. The van der Waals surface area contributed by atoms with E-state index < -0.39 is 0 Å². The van der Waals surface area contributed by atoms with E-state index in [1.807, 2.05) is 4.90 Å². The average Bonchev–Trinajstić information content (AvgIpc) is 3.19. The topological polar surface area (TPSA) is 59.2 Å². The molecule has 1 aliphatic rings. The van der Waals surface area contributed by atoms with Crippen molar-refractivity contribution in [2.24, 2.45) is 11.7 Å². The van der Waals surface area contributed by atoms with E-state index in [1.165, 1.54) is 0 Å². The number of aromatic nitrogens is 1. The smallest absolute Gasteiger partial charge is 0.254 e.